The van der Waals surface area contributed by atoms with Gasteiger partial charge in [-0.1, -0.05) is 11.6 Å². The molecule has 5 nitrogen and oxygen atoms in total. The van der Waals surface area contributed by atoms with Crippen molar-refractivity contribution in [2.45, 2.75) is 12.8 Å². The van der Waals surface area contributed by atoms with Gasteiger partial charge in [0.1, 0.15) is 5.56 Å². The van der Waals surface area contributed by atoms with E-state index in [1.165, 1.54) is 19.2 Å². The van der Waals surface area contributed by atoms with Crippen LogP contribution in [0.5, 0.6) is 11.5 Å². The lowest BCUT2D eigenvalue weighted by atomic mass is 10.2. The first-order valence-corrected chi connectivity index (χ1v) is 5.58. The second kappa shape index (κ2) is 6.72. The summed E-state index contributed by atoms with van der Waals surface area (Å²) in [5.74, 6) is -0.754. The molecule has 0 radical (unpaired) electrons. The number of rotatable bonds is 6. The maximum absolute atomic E-state index is 11.1. The van der Waals surface area contributed by atoms with Gasteiger partial charge in [-0.05, 0) is 12.5 Å². The normalized spacial score (nSPS) is 9.61. The van der Waals surface area contributed by atoms with Crippen LogP contribution in [-0.2, 0) is 0 Å². The van der Waals surface area contributed by atoms with E-state index >= 15 is 0 Å². The third kappa shape index (κ3) is 3.54. The molecule has 0 fully saturated rings. The number of carbonyl (C=O) groups is 1. The van der Waals surface area contributed by atoms with Gasteiger partial charge in [0, 0.05) is 17.5 Å². The van der Waals surface area contributed by atoms with Crippen LogP contribution in [0.3, 0.4) is 0 Å². The average molecular weight is 270 g/mol. The molecule has 18 heavy (non-hydrogen) atoms. The molecule has 0 saturated carbocycles. The van der Waals surface area contributed by atoms with Gasteiger partial charge in [0.15, 0.2) is 11.5 Å². The molecule has 1 aromatic rings. The van der Waals surface area contributed by atoms with Crippen LogP contribution in [0.2, 0.25) is 5.02 Å². The number of aromatic carboxylic acids is 1. The Hall–Kier alpha value is -1.93. The highest BCUT2D eigenvalue weighted by Crippen LogP contribution is 2.34. The van der Waals surface area contributed by atoms with Gasteiger partial charge in [-0.2, -0.15) is 5.26 Å². The van der Waals surface area contributed by atoms with Crippen LogP contribution in [0.1, 0.15) is 23.2 Å². The molecule has 0 bridgehead atoms. The summed E-state index contributed by atoms with van der Waals surface area (Å²) in [6, 6.07) is 4.76. The highest BCUT2D eigenvalue weighted by molar-refractivity contribution is 6.31. The van der Waals surface area contributed by atoms with Crippen molar-refractivity contribution in [1.82, 2.24) is 0 Å². The van der Waals surface area contributed by atoms with Crippen LogP contribution in [0, 0.1) is 11.3 Å². The van der Waals surface area contributed by atoms with Crippen molar-refractivity contribution in [3.63, 3.8) is 0 Å². The Morgan fingerprint density at radius 2 is 2.28 bits per heavy atom. The number of unbranched alkanes of at least 4 members (excludes halogenated alkanes) is 1. The number of carboxylic acid groups (broad SMARTS) is 1. The SMILES string of the molecule is COc1cc(Cl)cc(C(=O)O)c1OCCCC#N. The number of benzene rings is 1. The summed E-state index contributed by atoms with van der Waals surface area (Å²) in [7, 11) is 1.40. The summed E-state index contributed by atoms with van der Waals surface area (Å²) in [6.07, 6.45) is 0.861. The summed E-state index contributed by atoms with van der Waals surface area (Å²) < 4.78 is 10.4. The number of carboxylic acids is 1. The first-order valence-electron chi connectivity index (χ1n) is 5.20. The van der Waals surface area contributed by atoms with E-state index in [1.807, 2.05) is 6.07 Å². The molecule has 6 heteroatoms. The van der Waals surface area contributed by atoms with Crippen molar-refractivity contribution in [1.29, 1.82) is 5.26 Å². The van der Waals surface area contributed by atoms with Gasteiger partial charge in [0.2, 0.25) is 0 Å². The van der Waals surface area contributed by atoms with Gasteiger partial charge in [-0.25, -0.2) is 4.79 Å². The fourth-order valence-electron chi connectivity index (χ4n) is 1.35. The van der Waals surface area contributed by atoms with E-state index in [2.05, 4.69) is 0 Å². The monoisotopic (exact) mass is 269 g/mol. The Bertz CT molecular complexity index is 482. The molecule has 0 aliphatic rings. The molecule has 0 amide bonds. The molecule has 1 aromatic carbocycles. The van der Waals surface area contributed by atoms with Crippen LogP contribution in [0.4, 0.5) is 0 Å². The van der Waals surface area contributed by atoms with E-state index in [0.717, 1.165) is 0 Å². The fourth-order valence-corrected chi connectivity index (χ4v) is 1.56. The van der Waals surface area contributed by atoms with Gasteiger partial charge < -0.3 is 14.6 Å². The van der Waals surface area contributed by atoms with Gasteiger partial charge in [0.25, 0.3) is 0 Å². The maximum atomic E-state index is 11.1. The Morgan fingerprint density at radius 3 is 2.83 bits per heavy atom. The summed E-state index contributed by atoms with van der Waals surface area (Å²) in [5.41, 5.74) is -0.0590. The summed E-state index contributed by atoms with van der Waals surface area (Å²) in [6.45, 7) is 0.242. The minimum Gasteiger partial charge on any atom is -0.493 e. The summed E-state index contributed by atoms with van der Waals surface area (Å²) in [4.78, 5) is 11.1. The molecule has 1 rings (SSSR count). The predicted octanol–water partition coefficient (Wildman–Crippen LogP) is 2.73. The molecular formula is C12H12ClNO4. The van der Waals surface area contributed by atoms with Crippen LogP contribution >= 0.6 is 11.6 Å². The van der Waals surface area contributed by atoms with E-state index in [9.17, 15) is 4.79 Å². The van der Waals surface area contributed by atoms with Crippen LogP contribution in [-0.4, -0.2) is 24.8 Å². The number of methoxy groups -OCH3 is 1. The van der Waals surface area contributed by atoms with Gasteiger partial charge in [-0.15, -0.1) is 0 Å². The van der Waals surface area contributed by atoms with E-state index in [4.69, 9.17) is 31.4 Å². The van der Waals surface area contributed by atoms with Crippen molar-refractivity contribution in [2.24, 2.45) is 0 Å². The second-order valence-corrected chi connectivity index (χ2v) is 3.84. The minimum atomic E-state index is -1.15. The van der Waals surface area contributed by atoms with Crippen molar-refractivity contribution in [3.05, 3.63) is 22.7 Å². The Kier molecular flexibility index (Phi) is 5.28. The zero-order chi connectivity index (χ0) is 13.5. The molecule has 0 unspecified atom stereocenters. The number of ether oxygens (including phenoxy) is 2. The molecule has 0 aliphatic carbocycles. The molecule has 0 atom stereocenters. The van der Waals surface area contributed by atoms with Crippen molar-refractivity contribution in [3.8, 4) is 17.6 Å². The largest absolute Gasteiger partial charge is 0.493 e. The van der Waals surface area contributed by atoms with Crippen LogP contribution in [0.15, 0.2) is 12.1 Å². The van der Waals surface area contributed by atoms with Crippen LogP contribution in [0.25, 0.3) is 0 Å². The molecule has 1 N–H and O–H groups in total. The number of nitriles is 1. The summed E-state index contributed by atoms with van der Waals surface area (Å²) >= 11 is 5.79. The predicted molar refractivity (Wildman–Crippen MR) is 65.3 cm³/mol. The fraction of sp³-hybridized carbons (Fsp3) is 0.333. The van der Waals surface area contributed by atoms with Gasteiger partial charge in [0.05, 0.1) is 19.8 Å². The molecule has 0 heterocycles. The number of hydrogen-bond acceptors (Lipinski definition) is 4. The number of hydrogen-bond donors (Lipinski definition) is 1. The van der Waals surface area contributed by atoms with Gasteiger partial charge >= 0.3 is 5.97 Å². The molecule has 96 valence electrons. The Balaban J connectivity index is 2.99. The minimum absolute atomic E-state index is 0.0590. The first-order chi connectivity index (χ1) is 8.60. The maximum Gasteiger partial charge on any atom is 0.339 e. The van der Waals surface area contributed by atoms with Crippen LogP contribution < -0.4 is 9.47 Å². The van der Waals surface area contributed by atoms with Crippen molar-refractivity contribution >= 4 is 17.6 Å². The first kappa shape index (κ1) is 14.1. The van der Waals surface area contributed by atoms with E-state index in [0.29, 0.717) is 12.8 Å². The van der Waals surface area contributed by atoms with E-state index in [-0.39, 0.29) is 28.7 Å². The smallest absolute Gasteiger partial charge is 0.339 e. The molecular weight excluding hydrogens is 258 g/mol. The van der Waals surface area contributed by atoms with Gasteiger partial charge in [-0.3, -0.25) is 0 Å². The molecule has 0 aliphatic heterocycles. The highest BCUT2D eigenvalue weighted by Gasteiger charge is 2.18. The lowest BCUT2D eigenvalue weighted by Gasteiger charge is -2.13. The van der Waals surface area contributed by atoms with Crippen molar-refractivity contribution < 1.29 is 19.4 Å². The lowest BCUT2D eigenvalue weighted by Crippen LogP contribution is -2.06. The lowest BCUT2D eigenvalue weighted by molar-refractivity contribution is 0.0691. The molecule has 0 aromatic heterocycles. The number of nitrogens with zero attached hydrogens (tertiary/aromatic N) is 1. The third-order valence-electron chi connectivity index (χ3n) is 2.15. The van der Waals surface area contributed by atoms with E-state index < -0.39 is 5.97 Å². The Labute approximate surface area is 109 Å². The quantitative estimate of drug-likeness (QED) is 0.803. The van der Waals surface area contributed by atoms with Crippen molar-refractivity contribution in [2.75, 3.05) is 13.7 Å². The number of halogens is 1. The topological polar surface area (TPSA) is 79.6 Å². The zero-order valence-corrected chi connectivity index (χ0v) is 10.5. The highest BCUT2D eigenvalue weighted by atomic mass is 35.5. The Morgan fingerprint density at radius 1 is 1.56 bits per heavy atom. The second-order valence-electron chi connectivity index (χ2n) is 3.40. The van der Waals surface area contributed by atoms with E-state index in [1.54, 1.807) is 0 Å². The zero-order valence-electron chi connectivity index (χ0n) is 9.77. The molecule has 0 saturated heterocycles. The summed E-state index contributed by atoms with van der Waals surface area (Å²) in [5, 5.41) is 17.7. The average Bonchev–Trinajstić information content (AvgIpc) is 2.34. The molecule has 0 spiro atoms. The standard InChI is InChI=1S/C12H12ClNO4/c1-17-10-7-8(13)6-9(12(15)16)11(10)18-5-3-2-4-14/h6-7H,2-3,5H2,1H3,(H,15,16). The third-order valence-corrected chi connectivity index (χ3v) is 2.37.